The van der Waals surface area contributed by atoms with E-state index in [1.54, 1.807) is 0 Å². The molecule has 1 aromatic carbocycles. The van der Waals surface area contributed by atoms with Crippen molar-refractivity contribution in [3.05, 3.63) is 35.4 Å². The smallest absolute Gasteiger partial charge is 0.256 e. The number of halogens is 2. The van der Waals surface area contributed by atoms with Crippen LogP contribution in [0.5, 0.6) is 0 Å². The van der Waals surface area contributed by atoms with Gasteiger partial charge < -0.3 is 16.0 Å². The Kier molecular flexibility index (Phi) is 6.92. The van der Waals surface area contributed by atoms with Crippen LogP contribution >= 0.6 is 0 Å². The number of nitrogens with two attached hydrogens (primary N) is 1. The van der Waals surface area contributed by atoms with Crippen LogP contribution in [-0.4, -0.2) is 41.9 Å². The summed E-state index contributed by atoms with van der Waals surface area (Å²) >= 11 is 0. The highest BCUT2D eigenvalue weighted by Gasteiger charge is 2.33. The molecule has 0 aliphatic carbocycles. The fraction of sp³-hybridized carbons (Fsp3) is 0.600. The minimum Gasteiger partial charge on any atom is -0.349 e. The summed E-state index contributed by atoms with van der Waals surface area (Å²) in [7, 11) is 0. The lowest BCUT2D eigenvalue weighted by atomic mass is 9.88. The Morgan fingerprint density at radius 1 is 1.30 bits per heavy atom. The first-order valence-electron chi connectivity index (χ1n) is 9.41. The van der Waals surface area contributed by atoms with E-state index in [9.17, 15) is 18.4 Å². The fourth-order valence-corrected chi connectivity index (χ4v) is 3.66. The molecule has 27 heavy (non-hydrogen) atoms. The van der Waals surface area contributed by atoms with Crippen LogP contribution < -0.4 is 11.1 Å². The minimum absolute atomic E-state index is 0.0522. The summed E-state index contributed by atoms with van der Waals surface area (Å²) in [6.45, 7) is 7.19. The summed E-state index contributed by atoms with van der Waals surface area (Å²) in [6, 6.07) is 2.93. The molecule has 5 nitrogen and oxygen atoms in total. The topological polar surface area (TPSA) is 75.4 Å². The lowest BCUT2D eigenvalue weighted by Crippen LogP contribution is -2.55. The first kappa shape index (κ1) is 21.3. The number of rotatable bonds is 6. The van der Waals surface area contributed by atoms with E-state index >= 15 is 0 Å². The number of piperidine rings is 1. The average molecular weight is 381 g/mol. The molecule has 0 bridgehead atoms. The Morgan fingerprint density at radius 3 is 2.44 bits per heavy atom. The molecule has 2 rings (SSSR count). The molecule has 1 heterocycles. The van der Waals surface area contributed by atoms with Crippen LogP contribution in [0.25, 0.3) is 0 Å². The van der Waals surface area contributed by atoms with Gasteiger partial charge in [0.15, 0.2) is 0 Å². The van der Waals surface area contributed by atoms with E-state index in [1.807, 2.05) is 6.92 Å². The molecule has 0 saturated carbocycles. The normalized spacial score (nSPS) is 17.7. The zero-order valence-electron chi connectivity index (χ0n) is 16.2. The third kappa shape index (κ3) is 5.48. The van der Waals surface area contributed by atoms with Gasteiger partial charge in [-0.05, 0) is 44.2 Å². The van der Waals surface area contributed by atoms with Crippen LogP contribution in [0.4, 0.5) is 8.78 Å². The zero-order valence-corrected chi connectivity index (χ0v) is 16.2. The van der Waals surface area contributed by atoms with Gasteiger partial charge in [-0.25, -0.2) is 8.78 Å². The van der Waals surface area contributed by atoms with Gasteiger partial charge in [0.1, 0.15) is 11.6 Å². The van der Waals surface area contributed by atoms with Gasteiger partial charge in [-0.15, -0.1) is 0 Å². The van der Waals surface area contributed by atoms with Crippen LogP contribution in [0.2, 0.25) is 0 Å². The van der Waals surface area contributed by atoms with E-state index in [0.29, 0.717) is 44.5 Å². The van der Waals surface area contributed by atoms with Crippen molar-refractivity contribution >= 4 is 11.8 Å². The molecule has 0 spiro atoms. The summed E-state index contributed by atoms with van der Waals surface area (Å²) in [5.74, 6) is -1.91. The monoisotopic (exact) mass is 381 g/mol. The number of hydrogen-bond acceptors (Lipinski definition) is 3. The largest absolute Gasteiger partial charge is 0.349 e. The van der Waals surface area contributed by atoms with Crippen molar-refractivity contribution < 1.29 is 18.4 Å². The van der Waals surface area contributed by atoms with Crippen LogP contribution in [-0.2, 0) is 4.79 Å². The summed E-state index contributed by atoms with van der Waals surface area (Å²) in [5.41, 5.74) is 5.26. The van der Waals surface area contributed by atoms with Gasteiger partial charge in [-0.3, -0.25) is 9.59 Å². The lowest BCUT2D eigenvalue weighted by molar-refractivity contribution is -0.128. The first-order chi connectivity index (χ1) is 12.6. The number of likely N-dealkylation sites (tertiary alicyclic amines) is 1. The van der Waals surface area contributed by atoms with Crippen LogP contribution in [0.15, 0.2) is 18.2 Å². The second-order valence-electron chi connectivity index (χ2n) is 8.04. The fourth-order valence-electron chi connectivity index (χ4n) is 3.66. The molecule has 0 radical (unpaired) electrons. The van der Waals surface area contributed by atoms with Crippen molar-refractivity contribution in [2.24, 2.45) is 17.6 Å². The SMILES string of the molecule is CC(C)CC(C)(CN)NC(=O)C1CCN(C(=O)c2ccc(F)cc2F)CC1. The first-order valence-corrected chi connectivity index (χ1v) is 9.41. The number of nitrogens with zero attached hydrogens (tertiary/aromatic N) is 1. The summed E-state index contributed by atoms with van der Waals surface area (Å²) in [5, 5.41) is 3.07. The highest BCUT2D eigenvalue weighted by Crippen LogP contribution is 2.23. The number of carbonyl (C=O) groups excluding carboxylic acids is 2. The Labute approximate surface area is 159 Å². The maximum absolute atomic E-state index is 13.8. The molecule has 3 N–H and O–H groups in total. The third-order valence-corrected chi connectivity index (χ3v) is 5.05. The predicted octanol–water partition coefficient (Wildman–Crippen LogP) is 2.70. The van der Waals surface area contributed by atoms with Gasteiger partial charge in [0.2, 0.25) is 5.91 Å². The zero-order chi connectivity index (χ0) is 20.2. The Hall–Kier alpha value is -2.02. The minimum atomic E-state index is -0.868. The van der Waals surface area contributed by atoms with Gasteiger partial charge in [0.05, 0.1) is 5.56 Å². The Morgan fingerprint density at radius 2 is 1.93 bits per heavy atom. The summed E-state index contributed by atoms with van der Waals surface area (Å²) in [4.78, 5) is 26.6. The maximum Gasteiger partial charge on any atom is 0.256 e. The second kappa shape index (κ2) is 8.78. The van der Waals surface area contributed by atoms with Crippen LogP contribution in [0, 0.1) is 23.5 Å². The Bertz CT molecular complexity index is 688. The molecule has 1 saturated heterocycles. The molecule has 1 aromatic rings. The molecular weight excluding hydrogens is 352 g/mol. The quantitative estimate of drug-likeness (QED) is 0.796. The molecule has 1 fully saturated rings. The molecule has 2 amide bonds. The molecule has 1 aliphatic rings. The van der Waals surface area contributed by atoms with Gasteiger partial charge in [0, 0.05) is 37.2 Å². The third-order valence-electron chi connectivity index (χ3n) is 5.05. The van der Waals surface area contributed by atoms with E-state index in [2.05, 4.69) is 19.2 Å². The Balaban J connectivity index is 1.94. The molecule has 0 aromatic heterocycles. The van der Waals surface area contributed by atoms with Crippen molar-refractivity contribution in [2.45, 2.75) is 45.6 Å². The molecular formula is C20H29F2N3O2. The summed E-state index contributed by atoms with van der Waals surface area (Å²) < 4.78 is 26.8. The van der Waals surface area contributed by atoms with Crippen LogP contribution in [0.3, 0.4) is 0 Å². The van der Waals surface area contributed by atoms with E-state index in [-0.39, 0.29) is 17.4 Å². The highest BCUT2D eigenvalue weighted by molar-refractivity contribution is 5.94. The van der Waals surface area contributed by atoms with Crippen molar-refractivity contribution in [3.8, 4) is 0 Å². The predicted molar refractivity (Wildman–Crippen MR) is 100 cm³/mol. The number of nitrogens with one attached hydrogen (secondary N) is 1. The maximum atomic E-state index is 13.8. The van der Waals surface area contributed by atoms with Gasteiger partial charge >= 0.3 is 0 Å². The standard InChI is InChI=1S/C20H29F2N3O2/c1-13(2)11-20(3,12-23)24-18(26)14-6-8-25(9-7-14)19(27)16-5-4-15(21)10-17(16)22/h4-5,10,13-14H,6-9,11-12,23H2,1-3H3,(H,24,26). The van der Waals surface area contributed by atoms with Gasteiger partial charge in [-0.1, -0.05) is 13.8 Å². The molecule has 1 unspecified atom stereocenters. The molecule has 1 atom stereocenters. The van der Waals surface area contributed by atoms with Crippen molar-refractivity contribution in [1.82, 2.24) is 10.2 Å². The molecule has 7 heteroatoms. The lowest BCUT2D eigenvalue weighted by Gasteiger charge is -2.36. The van der Waals surface area contributed by atoms with Gasteiger partial charge in [0.25, 0.3) is 5.91 Å². The van der Waals surface area contributed by atoms with Crippen molar-refractivity contribution in [3.63, 3.8) is 0 Å². The number of hydrogen-bond donors (Lipinski definition) is 2. The number of benzene rings is 1. The molecule has 150 valence electrons. The number of carbonyl (C=O) groups is 2. The van der Waals surface area contributed by atoms with Crippen molar-refractivity contribution in [2.75, 3.05) is 19.6 Å². The van der Waals surface area contributed by atoms with Gasteiger partial charge in [-0.2, -0.15) is 0 Å². The van der Waals surface area contributed by atoms with E-state index in [1.165, 1.54) is 4.90 Å². The van der Waals surface area contributed by atoms with Crippen LogP contribution in [0.1, 0.15) is 50.4 Å². The van der Waals surface area contributed by atoms with Crippen molar-refractivity contribution in [1.29, 1.82) is 0 Å². The average Bonchev–Trinajstić information content (AvgIpc) is 2.60. The second-order valence-corrected chi connectivity index (χ2v) is 8.04. The van der Waals surface area contributed by atoms with E-state index in [0.717, 1.165) is 18.6 Å². The van der Waals surface area contributed by atoms with E-state index < -0.39 is 23.1 Å². The summed E-state index contributed by atoms with van der Waals surface area (Å²) in [6.07, 6.45) is 1.79. The number of amides is 2. The van der Waals surface area contributed by atoms with E-state index in [4.69, 9.17) is 5.73 Å². The highest BCUT2D eigenvalue weighted by atomic mass is 19.1. The molecule has 1 aliphatic heterocycles.